The van der Waals surface area contributed by atoms with Crippen molar-refractivity contribution in [3.8, 4) is 11.5 Å². The van der Waals surface area contributed by atoms with Crippen LogP contribution in [0, 0.1) is 0 Å². The molecule has 1 aliphatic carbocycles. The van der Waals surface area contributed by atoms with Gasteiger partial charge < -0.3 is 14.3 Å². The zero-order valence-electron chi connectivity index (χ0n) is 13.8. The second-order valence-electron chi connectivity index (χ2n) is 6.22. The molecule has 128 valence electrons. The van der Waals surface area contributed by atoms with Crippen LogP contribution in [0.15, 0.2) is 45.5 Å². The molecule has 0 radical (unpaired) electrons. The van der Waals surface area contributed by atoms with Gasteiger partial charge in [-0.2, -0.15) is 4.98 Å². The minimum Gasteiger partial charge on any atom is -0.448 e. The van der Waals surface area contributed by atoms with Gasteiger partial charge >= 0.3 is 0 Å². The van der Waals surface area contributed by atoms with E-state index in [1.807, 2.05) is 30.3 Å². The molecule has 3 aromatic rings. The molecule has 0 spiro atoms. The molecule has 1 atom stereocenters. The molecule has 1 N–H and O–H groups in total. The highest BCUT2D eigenvalue weighted by atomic mass is 16.5. The summed E-state index contributed by atoms with van der Waals surface area (Å²) < 4.78 is 10.7. The Morgan fingerprint density at radius 2 is 2.04 bits per heavy atom. The molecule has 1 fully saturated rings. The van der Waals surface area contributed by atoms with Crippen molar-refractivity contribution in [3.63, 3.8) is 0 Å². The number of carbonyl (C=O) groups is 1. The Kier molecular flexibility index (Phi) is 4.05. The first kappa shape index (κ1) is 15.6. The number of nitrogens with zero attached hydrogens (tertiary/aromatic N) is 3. The van der Waals surface area contributed by atoms with Crippen LogP contribution in [-0.2, 0) is 0 Å². The molecule has 7 heteroatoms. The highest BCUT2D eigenvalue weighted by Crippen LogP contribution is 2.35. The molecule has 2 heterocycles. The molecular formula is C18H18N4O3. The van der Waals surface area contributed by atoms with Crippen molar-refractivity contribution in [1.29, 1.82) is 0 Å². The second-order valence-corrected chi connectivity index (χ2v) is 6.22. The third kappa shape index (κ3) is 3.17. The first-order valence-corrected chi connectivity index (χ1v) is 8.36. The van der Waals surface area contributed by atoms with Crippen LogP contribution in [0.4, 0.5) is 0 Å². The largest absolute Gasteiger partial charge is 0.448 e. The third-order valence-corrected chi connectivity index (χ3v) is 4.41. The summed E-state index contributed by atoms with van der Waals surface area (Å²) in [7, 11) is 0. The fourth-order valence-electron chi connectivity index (χ4n) is 2.68. The molecule has 25 heavy (non-hydrogen) atoms. The van der Waals surface area contributed by atoms with Crippen molar-refractivity contribution in [3.05, 3.63) is 54.0 Å². The summed E-state index contributed by atoms with van der Waals surface area (Å²) >= 11 is 0. The lowest BCUT2D eigenvalue weighted by Crippen LogP contribution is -2.27. The number of hydrogen-bond acceptors (Lipinski definition) is 6. The zero-order valence-corrected chi connectivity index (χ0v) is 13.8. The fourth-order valence-corrected chi connectivity index (χ4v) is 2.68. The molecule has 1 amide bonds. The number of hydrogen-bond donors (Lipinski definition) is 1. The van der Waals surface area contributed by atoms with Crippen molar-refractivity contribution in [2.45, 2.75) is 38.1 Å². The monoisotopic (exact) mass is 338 g/mol. The van der Waals surface area contributed by atoms with Crippen LogP contribution in [0.2, 0.25) is 0 Å². The Balaban J connectivity index is 1.43. The van der Waals surface area contributed by atoms with Gasteiger partial charge in [-0.05, 0) is 31.9 Å². The lowest BCUT2D eigenvalue weighted by atomic mass is 9.85. The number of benzene rings is 1. The molecule has 1 saturated carbocycles. The predicted octanol–water partition coefficient (Wildman–Crippen LogP) is 3.48. The minimum atomic E-state index is -0.405. The summed E-state index contributed by atoms with van der Waals surface area (Å²) in [6, 6.07) is 9.08. The zero-order chi connectivity index (χ0) is 17.2. The van der Waals surface area contributed by atoms with Crippen LogP contribution < -0.4 is 5.32 Å². The van der Waals surface area contributed by atoms with E-state index in [0.717, 1.165) is 18.4 Å². The van der Waals surface area contributed by atoms with Crippen molar-refractivity contribution in [2.75, 3.05) is 0 Å². The maximum absolute atomic E-state index is 12.3. The molecule has 1 aromatic carbocycles. The third-order valence-electron chi connectivity index (χ3n) is 4.41. The summed E-state index contributed by atoms with van der Waals surface area (Å²) in [5.74, 6) is 1.52. The number of oxazole rings is 1. The first-order chi connectivity index (χ1) is 12.2. The topological polar surface area (TPSA) is 94.1 Å². The SMILES string of the molecule is CC(NC(=O)c1coc(C2CCC2)n1)c1noc(-c2ccccc2)n1. The molecule has 7 nitrogen and oxygen atoms in total. The minimum absolute atomic E-state index is 0.278. The second kappa shape index (κ2) is 6.51. The molecular weight excluding hydrogens is 320 g/mol. The normalized spacial score (nSPS) is 15.6. The van der Waals surface area contributed by atoms with Gasteiger partial charge in [0, 0.05) is 11.5 Å². The Morgan fingerprint density at radius 3 is 2.76 bits per heavy atom. The highest BCUT2D eigenvalue weighted by molar-refractivity contribution is 5.92. The Hall–Kier alpha value is -2.96. The van der Waals surface area contributed by atoms with Crippen LogP contribution >= 0.6 is 0 Å². The number of rotatable bonds is 5. The van der Waals surface area contributed by atoms with Crippen LogP contribution in [0.5, 0.6) is 0 Å². The van der Waals surface area contributed by atoms with E-state index in [4.69, 9.17) is 8.94 Å². The van der Waals surface area contributed by atoms with Gasteiger partial charge in [-0.3, -0.25) is 4.79 Å². The molecule has 4 rings (SSSR count). The highest BCUT2D eigenvalue weighted by Gasteiger charge is 2.26. The van der Waals surface area contributed by atoms with E-state index in [-0.39, 0.29) is 11.6 Å². The molecule has 1 aliphatic rings. The Morgan fingerprint density at radius 1 is 1.24 bits per heavy atom. The van der Waals surface area contributed by atoms with Gasteiger partial charge in [-0.25, -0.2) is 4.98 Å². The van der Waals surface area contributed by atoms with Gasteiger partial charge in [0.15, 0.2) is 17.4 Å². The van der Waals surface area contributed by atoms with E-state index < -0.39 is 6.04 Å². The summed E-state index contributed by atoms with van der Waals surface area (Å²) in [5, 5.41) is 6.77. The van der Waals surface area contributed by atoms with E-state index in [2.05, 4.69) is 20.4 Å². The summed E-state index contributed by atoms with van der Waals surface area (Å²) in [4.78, 5) is 21.0. The van der Waals surface area contributed by atoms with Gasteiger partial charge in [0.1, 0.15) is 6.26 Å². The van der Waals surface area contributed by atoms with Gasteiger partial charge in [0.05, 0.1) is 6.04 Å². The van der Waals surface area contributed by atoms with Crippen molar-refractivity contribution in [1.82, 2.24) is 20.4 Å². The average Bonchev–Trinajstić information content (AvgIpc) is 3.24. The van der Waals surface area contributed by atoms with Crippen molar-refractivity contribution >= 4 is 5.91 Å². The van der Waals surface area contributed by atoms with E-state index >= 15 is 0 Å². The lowest BCUT2D eigenvalue weighted by molar-refractivity contribution is 0.0932. The number of nitrogens with one attached hydrogen (secondary N) is 1. The molecule has 0 aliphatic heterocycles. The molecule has 2 aromatic heterocycles. The summed E-state index contributed by atoms with van der Waals surface area (Å²) in [6.45, 7) is 1.80. The predicted molar refractivity (Wildman–Crippen MR) is 88.7 cm³/mol. The smallest absolute Gasteiger partial charge is 0.273 e. The standard InChI is InChI=1S/C18H18N4O3/c1-11(15-21-18(25-22-15)13-6-3-2-4-7-13)19-16(23)14-10-24-17(20-14)12-8-5-9-12/h2-4,6-7,10-12H,5,8-9H2,1H3,(H,19,23). The van der Waals surface area contributed by atoms with E-state index in [1.54, 1.807) is 6.92 Å². The lowest BCUT2D eigenvalue weighted by Gasteiger charge is -2.21. The van der Waals surface area contributed by atoms with Crippen LogP contribution in [-0.4, -0.2) is 21.0 Å². The number of carbonyl (C=O) groups excluding carboxylic acids is 1. The van der Waals surface area contributed by atoms with Crippen LogP contribution in [0.25, 0.3) is 11.5 Å². The number of amides is 1. The van der Waals surface area contributed by atoms with Crippen LogP contribution in [0.3, 0.4) is 0 Å². The van der Waals surface area contributed by atoms with E-state index in [9.17, 15) is 4.79 Å². The average molecular weight is 338 g/mol. The van der Waals surface area contributed by atoms with E-state index in [0.29, 0.717) is 23.5 Å². The van der Waals surface area contributed by atoms with Crippen molar-refractivity contribution in [2.24, 2.45) is 0 Å². The summed E-state index contributed by atoms with van der Waals surface area (Å²) in [5.41, 5.74) is 1.11. The van der Waals surface area contributed by atoms with Gasteiger partial charge in [0.25, 0.3) is 11.8 Å². The molecule has 1 unspecified atom stereocenters. The van der Waals surface area contributed by atoms with Gasteiger partial charge in [-0.15, -0.1) is 0 Å². The molecule has 0 saturated heterocycles. The van der Waals surface area contributed by atoms with Gasteiger partial charge in [0.2, 0.25) is 0 Å². The van der Waals surface area contributed by atoms with Crippen LogP contribution in [0.1, 0.15) is 60.3 Å². The quantitative estimate of drug-likeness (QED) is 0.765. The Labute approximate surface area is 144 Å². The fraction of sp³-hybridized carbons (Fsp3) is 0.333. The maximum atomic E-state index is 12.3. The maximum Gasteiger partial charge on any atom is 0.273 e. The molecule has 0 bridgehead atoms. The van der Waals surface area contributed by atoms with E-state index in [1.165, 1.54) is 12.7 Å². The summed E-state index contributed by atoms with van der Waals surface area (Å²) in [6.07, 6.45) is 4.74. The Bertz CT molecular complexity index is 867. The first-order valence-electron chi connectivity index (χ1n) is 8.36. The number of aromatic nitrogens is 3. The van der Waals surface area contributed by atoms with Crippen molar-refractivity contribution < 1.29 is 13.7 Å². The van der Waals surface area contributed by atoms with Gasteiger partial charge in [-0.1, -0.05) is 29.8 Å².